The van der Waals surface area contributed by atoms with Gasteiger partial charge in [0.2, 0.25) is 0 Å². The molecule has 2 heteroatoms. The molecule has 18 heavy (non-hydrogen) atoms. The van der Waals surface area contributed by atoms with Crippen LogP contribution >= 0.6 is 0 Å². The van der Waals surface area contributed by atoms with Gasteiger partial charge in [0.25, 0.3) is 0 Å². The maximum absolute atomic E-state index is 3.45. The number of aryl methyl sites for hydroxylation is 1. The highest BCUT2D eigenvalue weighted by Crippen LogP contribution is 2.18. The number of fused-ring (bicyclic) bond motifs is 1. The van der Waals surface area contributed by atoms with Crippen molar-refractivity contribution in [1.29, 1.82) is 0 Å². The first-order valence-corrected chi connectivity index (χ1v) is 7.30. The molecule has 1 atom stereocenters. The molecule has 0 saturated carbocycles. The van der Waals surface area contributed by atoms with Crippen LogP contribution in [0.5, 0.6) is 0 Å². The van der Waals surface area contributed by atoms with Gasteiger partial charge in [-0.05, 0) is 44.0 Å². The first-order chi connectivity index (χ1) is 8.83. The zero-order valence-corrected chi connectivity index (χ0v) is 11.8. The Labute approximate surface area is 111 Å². The summed E-state index contributed by atoms with van der Waals surface area (Å²) in [5.41, 5.74) is 3.08. The Morgan fingerprint density at radius 2 is 2.06 bits per heavy atom. The Hall–Kier alpha value is -0.860. The second-order valence-electron chi connectivity index (χ2n) is 5.38. The van der Waals surface area contributed by atoms with Crippen molar-refractivity contribution in [3.8, 4) is 0 Å². The fourth-order valence-corrected chi connectivity index (χ4v) is 2.91. The van der Waals surface area contributed by atoms with Gasteiger partial charge < -0.3 is 5.32 Å². The van der Waals surface area contributed by atoms with Gasteiger partial charge >= 0.3 is 0 Å². The maximum atomic E-state index is 3.45. The summed E-state index contributed by atoms with van der Waals surface area (Å²) in [7, 11) is 2.09. The fourth-order valence-electron chi connectivity index (χ4n) is 2.91. The van der Waals surface area contributed by atoms with Gasteiger partial charge in [0, 0.05) is 19.1 Å². The number of benzene rings is 1. The normalized spacial score (nSPS) is 18.1. The second-order valence-corrected chi connectivity index (χ2v) is 5.38. The van der Waals surface area contributed by atoms with Crippen LogP contribution in [0, 0.1) is 0 Å². The van der Waals surface area contributed by atoms with E-state index < -0.39 is 0 Å². The van der Waals surface area contributed by atoms with Crippen molar-refractivity contribution in [3.63, 3.8) is 0 Å². The molecule has 1 heterocycles. The molecule has 1 N–H and O–H groups in total. The van der Waals surface area contributed by atoms with Crippen LogP contribution in [0.2, 0.25) is 0 Å². The molecule has 1 aromatic carbocycles. The minimum atomic E-state index is 0.639. The Morgan fingerprint density at radius 1 is 1.28 bits per heavy atom. The van der Waals surface area contributed by atoms with Crippen molar-refractivity contribution in [3.05, 3.63) is 35.4 Å². The van der Waals surface area contributed by atoms with Gasteiger partial charge in [0.1, 0.15) is 0 Å². The van der Waals surface area contributed by atoms with E-state index in [2.05, 4.69) is 48.5 Å². The molecule has 1 unspecified atom stereocenters. The first-order valence-electron chi connectivity index (χ1n) is 7.30. The first kappa shape index (κ1) is 13.6. The molecule has 2 nitrogen and oxygen atoms in total. The number of nitrogens with zero attached hydrogens (tertiary/aromatic N) is 1. The summed E-state index contributed by atoms with van der Waals surface area (Å²) in [6.07, 6.45) is 5.06. The molecule has 0 aliphatic carbocycles. The minimum absolute atomic E-state index is 0.639. The average molecular weight is 246 g/mol. The monoisotopic (exact) mass is 246 g/mol. The number of hydrogen-bond acceptors (Lipinski definition) is 2. The number of nitrogens with one attached hydrogen (secondary N) is 1. The Kier molecular flexibility index (Phi) is 5.21. The third-order valence-corrected chi connectivity index (χ3v) is 3.96. The lowest BCUT2D eigenvalue weighted by atomic mass is 10.0. The van der Waals surface area contributed by atoms with Crippen LogP contribution < -0.4 is 5.32 Å². The van der Waals surface area contributed by atoms with Crippen molar-refractivity contribution >= 4 is 0 Å². The standard InChI is InChI=1S/C16H26N2/c1-3-7-16(17-2)13-18-11-6-10-14-8-4-5-9-15(14)12-18/h4-5,8-9,16-17H,3,6-7,10-13H2,1-2H3. The van der Waals surface area contributed by atoms with Crippen molar-refractivity contribution in [2.24, 2.45) is 0 Å². The summed E-state index contributed by atoms with van der Waals surface area (Å²) in [6.45, 7) is 5.80. The Bertz CT molecular complexity index is 362. The van der Waals surface area contributed by atoms with Crippen LogP contribution in [0.15, 0.2) is 24.3 Å². The third kappa shape index (κ3) is 3.56. The lowest BCUT2D eigenvalue weighted by Crippen LogP contribution is -2.39. The van der Waals surface area contributed by atoms with E-state index in [0.29, 0.717) is 6.04 Å². The molecule has 1 aliphatic rings. The van der Waals surface area contributed by atoms with E-state index >= 15 is 0 Å². The summed E-state index contributed by atoms with van der Waals surface area (Å²) >= 11 is 0. The van der Waals surface area contributed by atoms with Crippen molar-refractivity contribution in [2.45, 2.75) is 45.2 Å². The Morgan fingerprint density at radius 3 is 2.78 bits per heavy atom. The molecule has 1 aliphatic heterocycles. The summed E-state index contributed by atoms with van der Waals surface area (Å²) in [5, 5.41) is 3.45. The van der Waals surface area contributed by atoms with Gasteiger partial charge in [-0.15, -0.1) is 0 Å². The number of likely N-dealkylation sites (N-methyl/N-ethyl adjacent to an activating group) is 1. The zero-order chi connectivity index (χ0) is 12.8. The molecule has 1 aromatic rings. The summed E-state index contributed by atoms with van der Waals surface area (Å²) in [6, 6.07) is 9.56. The molecule has 0 spiro atoms. The molecular formula is C16H26N2. The van der Waals surface area contributed by atoms with Crippen LogP contribution in [0.25, 0.3) is 0 Å². The van der Waals surface area contributed by atoms with E-state index in [4.69, 9.17) is 0 Å². The van der Waals surface area contributed by atoms with Gasteiger partial charge in [-0.3, -0.25) is 4.90 Å². The summed E-state index contributed by atoms with van der Waals surface area (Å²) in [5.74, 6) is 0. The predicted octanol–water partition coefficient (Wildman–Crippen LogP) is 2.82. The average Bonchev–Trinajstić information content (AvgIpc) is 2.59. The van der Waals surface area contributed by atoms with E-state index in [-0.39, 0.29) is 0 Å². The van der Waals surface area contributed by atoms with Gasteiger partial charge in [0.05, 0.1) is 0 Å². The van der Waals surface area contributed by atoms with Crippen LogP contribution in [0.3, 0.4) is 0 Å². The van der Waals surface area contributed by atoms with E-state index in [9.17, 15) is 0 Å². The van der Waals surface area contributed by atoms with Crippen molar-refractivity contribution in [2.75, 3.05) is 20.1 Å². The van der Waals surface area contributed by atoms with Crippen LogP contribution in [0.4, 0.5) is 0 Å². The Balaban J connectivity index is 1.99. The largest absolute Gasteiger partial charge is 0.316 e. The second kappa shape index (κ2) is 6.91. The molecule has 0 aromatic heterocycles. The molecule has 0 saturated heterocycles. The lowest BCUT2D eigenvalue weighted by Gasteiger charge is -2.26. The minimum Gasteiger partial charge on any atom is -0.316 e. The van der Waals surface area contributed by atoms with E-state index in [0.717, 1.165) is 6.54 Å². The topological polar surface area (TPSA) is 15.3 Å². The highest BCUT2D eigenvalue weighted by atomic mass is 15.1. The highest BCUT2D eigenvalue weighted by Gasteiger charge is 2.16. The van der Waals surface area contributed by atoms with Gasteiger partial charge in [-0.2, -0.15) is 0 Å². The lowest BCUT2D eigenvalue weighted by molar-refractivity contribution is 0.235. The van der Waals surface area contributed by atoms with Crippen molar-refractivity contribution < 1.29 is 0 Å². The quantitative estimate of drug-likeness (QED) is 0.859. The SMILES string of the molecule is CCCC(CN1CCCc2ccccc2C1)NC. The van der Waals surface area contributed by atoms with Gasteiger partial charge in [0.15, 0.2) is 0 Å². The van der Waals surface area contributed by atoms with Crippen LogP contribution in [0.1, 0.15) is 37.3 Å². The van der Waals surface area contributed by atoms with Crippen LogP contribution in [-0.4, -0.2) is 31.1 Å². The van der Waals surface area contributed by atoms with Gasteiger partial charge in [-0.25, -0.2) is 0 Å². The predicted molar refractivity (Wildman–Crippen MR) is 77.8 cm³/mol. The molecule has 100 valence electrons. The summed E-state index contributed by atoms with van der Waals surface area (Å²) in [4.78, 5) is 2.61. The van der Waals surface area contributed by atoms with E-state index in [1.165, 1.54) is 44.3 Å². The summed E-state index contributed by atoms with van der Waals surface area (Å²) < 4.78 is 0. The van der Waals surface area contributed by atoms with Gasteiger partial charge in [-0.1, -0.05) is 37.6 Å². The van der Waals surface area contributed by atoms with Crippen molar-refractivity contribution in [1.82, 2.24) is 10.2 Å². The smallest absolute Gasteiger partial charge is 0.0237 e. The molecule has 0 bridgehead atoms. The molecular weight excluding hydrogens is 220 g/mol. The zero-order valence-electron chi connectivity index (χ0n) is 11.8. The maximum Gasteiger partial charge on any atom is 0.0237 e. The highest BCUT2D eigenvalue weighted by molar-refractivity contribution is 5.28. The fraction of sp³-hybridized carbons (Fsp3) is 0.625. The molecule has 0 fully saturated rings. The molecule has 0 radical (unpaired) electrons. The number of hydrogen-bond donors (Lipinski definition) is 1. The van der Waals surface area contributed by atoms with E-state index in [1.807, 2.05) is 0 Å². The number of rotatable bonds is 5. The van der Waals surface area contributed by atoms with Crippen LogP contribution in [-0.2, 0) is 13.0 Å². The van der Waals surface area contributed by atoms with E-state index in [1.54, 1.807) is 5.56 Å². The molecule has 2 rings (SSSR count). The third-order valence-electron chi connectivity index (χ3n) is 3.96. The molecule has 0 amide bonds.